The second-order valence-electron chi connectivity index (χ2n) is 5.63. The Labute approximate surface area is 150 Å². The lowest BCUT2D eigenvalue weighted by Gasteiger charge is -2.09. The van der Waals surface area contributed by atoms with Crippen LogP contribution in [0.3, 0.4) is 0 Å². The van der Waals surface area contributed by atoms with Crippen molar-refractivity contribution < 1.29 is 14.3 Å². The summed E-state index contributed by atoms with van der Waals surface area (Å²) in [6.07, 6.45) is 1.56. The Morgan fingerprint density at radius 1 is 1.36 bits per heavy atom. The van der Waals surface area contributed by atoms with Crippen LogP contribution in [-0.2, 0) is 4.79 Å². The summed E-state index contributed by atoms with van der Waals surface area (Å²) in [5, 5.41) is 13.4. The predicted octanol–water partition coefficient (Wildman–Crippen LogP) is 1.85. The summed E-state index contributed by atoms with van der Waals surface area (Å²) < 4.78 is 6.95. The highest BCUT2D eigenvalue weighted by atomic mass is 32.2. The van der Waals surface area contributed by atoms with E-state index in [9.17, 15) is 9.59 Å². The molecule has 8 nitrogen and oxygen atoms in total. The van der Waals surface area contributed by atoms with Crippen LogP contribution in [0.2, 0.25) is 0 Å². The van der Waals surface area contributed by atoms with Crippen LogP contribution in [0.15, 0.2) is 35.7 Å². The van der Waals surface area contributed by atoms with E-state index in [-0.39, 0.29) is 5.75 Å². The number of carbonyl (C=O) groups is 2. The number of amides is 3. The lowest BCUT2D eigenvalue weighted by molar-refractivity contribution is -0.117. The molecule has 0 atom stereocenters. The Kier molecular flexibility index (Phi) is 6.81. The number of hydrogen-bond donors (Lipinski definition) is 2. The highest BCUT2D eigenvalue weighted by Crippen LogP contribution is 2.22. The molecule has 0 aliphatic heterocycles. The minimum absolute atomic E-state index is 0.0533. The molecule has 1 heterocycles. The number of carbonyl (C=O) groups excluding carboxylic acids is 2. The molecule has 0 saturated heterocycles. The zero-order valence-corrected chi connectivity index (χ0v) is 15.2. The second kappa shape index (κ2) is 9.07. The number of thioether (sulfide) groups is 1. The van der Waals surface area contributed by atoms with E-state index < -0.39 is 11.9 Å². The van der Waals surface area contributed by atoms with Crippen LogP contribution in [-0.4, -0.2) is 46.1 Å². The van der Waals surface area contributed by atoms with Gasteiger partial charge in [-0.05, 0) is 18.1 Å². The highest BCUT2D eigenvalue weighted by molar-refractivity contribution is 7.99. The van der Waals surface area contributed by atoms with Crippen LogP contribution in [0.25, 0.3) is 5.69 Å². The molecular formula is C16H21N5O3S. The number of imide groups is 1. The Morgan fingerprint density at radius 3 is 2.88 bits per heavy atom. The third-order valence-corrected chi connectivity index (χ3v) is 4.05. The highest BCUT2D eigenvalue weighted by Gasteiger charge is 2.12. The minimum atomic E-state index is -0.492. The Balaban J connectivity index is 1.92. The van der Waals surface area contributed by atoms with Gasteiger partial charge >= 0.3 is 6.03 Å². The van der Waals surface area contributed by atoms with Crippen LogP contribution in [0.4, 0.5) is 4.79 Å². The first-order chi connectivity index (χ1) is 12.0. The lowest BCUT2D eigenvalue weighted by Crippen LogP contribution is -2.41. The van der Waals surface area contributed by atoms with Gasteiger partial charge in [0.1, 0.15) is 12.1 Å². The Bertz CT molecular complexity index is 732. The first-order valence-corrected chi connectivity index (χ1v) is 8.73. The van der Waals surface area contributed by atoms with E-state index in [1.165, 1.54) is 11.8 Å². The lowest BCUT2D eigenvalue weighted by atomic mass is 10.2. The number of hydrogen-bond acceptors (Lipinski definition) is 6. The summed E-state index contributed by atoms with van der Waals surface area (Å²) in [6, 6.07) is 6.93. The van der Waals surface area contributed by atoms with Gasteiger partial charge in [0, 0.05) is 12.6 Å². The average molecular weight is 363 g/mol. The van der Waals surface area contributed by atoms with Gasteiger partial charge in [-0.15, -0.1) is 10.2 Å². The molecule has 0 spiro atoms. The first-order valence-electron chi connectivity index (χ1n) is 7.74. The van der Waals surface area contributed by atoms with Gasteiger partial charge in [0.2, 0.25) is 5.91 Å². The maximum absolute atomic E-state index is 11.9. The molecule has 0 fully saturated rings. The summed E-state index contributed by atoms with van der Waals surface area (Å²) in [7, 11) is 1.59. The van der Waals surface area contributed by atoms with Crippen molar-refractivity contribution in [3.63, 3.8) is 0 Å². The fourth-order valence-electron chi connectivity index (χ4n) is 1.89. The maximum atomic E-state index is 11.9. The number of ether oxygens (including phenoxy) is 1. The molecule has 1 aromatic carbocycles. The Hall–Kier alpha value is -2.55. The van der Waals surface area contributed by atoms with E-state index >= 15 is 0 Å². The molecule has 134 valence electrons. The number of methoxy groups -OCH3 is 1. The standard InChI is InChI=1S/C16H21N5O3S/c1-11(2)8-17-15(23)19-14(22)9-25-16-20-18-10-21(16)12-5-4-6-13(7-12)24-3/h4-7,10-11H,8-9H2,1-3H3,(H2,17,19,22,23). The van der Waals surface area contributed by atoms with E-state index in [4.69, 9.17) is 4.74 Å². The average Bonchev–Trinajstić information content (AvgIpc) is 3.07. The molecule has 3 amide bonds. The summed E-state index contributed by atoms with van der Waals surface area (Å²) in [6.45, 7) is 4.46. The van der Waals surface area contributed by atoms with Gasteiger partial charge in [-0.2, -0.15) is 0 Å². The zero-order valence-electron chi connectivity index (χ0n) is 14.4. The fraction of sp³-hybridized carbons (Fsp3) is 0.375. The van der Waals surface area contributed by atoms with Crippen molar-refractivity contribution in [2.45, 2.75) is 19.0 Å². The molecule has 2 rings (SSSR count). The van der Waals surface area contributed by atoms with Gasteiger partial charge in [-0.3, -0.25) is 14.7 Å². The Morgan fingerprint density at radius 2 is 2.16 bits per heavy atom. The van der Waals surface area contributed by atoms with Crippen LogP contribution in [0.1, 0.15) is 13.8 Å². The van der Waals surface area contributed by atoms with Crippen molar-refractivity contribution in [3.05, 3.63) is 30.6 Å². The zero-order chi connectivity index (χ0) is 18.2. The molecule has 0 radical (unpaired) electrons. The number of nitrogens with zero attached hydrogens (tertiary/aromatic N) is 3. The predicted molar refractivity (Wildman–Crippen MR) is 95.0 cm³/mol. The molecule has 2 aromatic rings. The monoisotopic (exact) mass is 363 g/mol. The molecule has 0 aliphatic carbocycles. The molecule has 0 bridgehead atoms. The van der Waals surface area contributed by atoms with E-state index in [1.807, 2.05) is 38.1 Å². The number of aromatic nitrogens is 3. The maximum Gasteiger partial charge on any atom is 0.321 e. The number of urea groups is 1. The van der Waals surface area contributed by atoms with Gasteiger partial charge in [0.15, 0.2) is 5.16 Å². The van der Waals surface area contributed by atoms with Gasteiger partial charge < -0.3 is 10.1 Å². The van der Waals surface area contributed by atoms with Crippen LogP contribution < -0.4 is 15.4 Å². The van der Waals surface area contributed by atoms with Crippen LogP contribution in [0.5, 0.6) is 5.75 Å². The molecular weight excluding hydrogens is 342 g/mol. The van der Waals surface area contributed by atoms with E-state index in [0.29, 0.717) is 23.4 Å². The largest absolute Gasteiger partial charge is 0.497 e. The minimum Gasteiger partial charge on any atom is -0.497 e. The molecule has 1 aromatic heterocycles. The van der Waals surface area contributed by atoms with E-state index in [1.54, 1.807) is 18.0 Å². The van der Waals surface area contributed by atoms with Crippen molar-refractivity contribution in [1.29, 1.82) is 0 Å². The number of rotatable bonds is 7. The van der Waals surface area contributed by atoms with Crippen molar-refractivity contribution >= 4 is 23.7 Å². The van der Waals surface area contributed by atoms with Crippen molar-refractivity contribution in [2.75, 3.05) is 19.4 Å². The van der Waals surface area contributed by atoms with E-state index in [2.05, 4.69) is 20.8 Å². The molecule has 0 unspecified atom stereocenters. The molecule has 9 heteroatoms. The van der Waals surface area contributed by atoms with Crippen LogP contribution in [0, 0.1) is 5.92 Å². The normalized spacial score (nSPS) is 10.6. The van der Waals surface area contributed by atoms with Gasteiger partial charge in [0.05, 0.1) is 18.6 Å². The summed E-state index contributed by atoms with van der Waals surface area (Å²) in [4.78, 5) is 23.5. The SMILES string of the molecule is COc1cccc(-n2cnnc2SCC(=O)NC(=O)NCC(C)C)c1. The smallest absolute Gasteiger partial charge is 0.321 e. The van der Waals surface area contributed by atoms with Crippen molar-refractivity contribution in [3.8, 4) is 11.4 Å². The van der Waals surface area contributed by atoms with E-state index in [0.717, 1.165) is 5.69 Å². The third-order valence-electron chi connectivity index (χ3n) is 3.10. The number of benzene rings is 1. The molecule has 25 heavy (non-hydrogen) atoms. The van der Waals surface area contributed by atoms with Gasteiger partial charge in [-0.25, -0.2) is 4.79 Å². The third kappa shape index (κ3) is 5.79. The molecule has 0 saturated carbocycles. The molecule has 2 N–H and O–H groups in total. The molecule has 0 aliphatic rings. The topological polar surface area (TPSA) is 98.1 Å². The summed E-state index contributed by atoms with van der Waals surface area (Å²) in [5.41, 5.74) is 0.821. The van der Waals surface area contributed by atoms with Crippen LogP contribution >= 0.6 is 11.8 Å². The summed E-state index contributed by atoms with van der Waals surface area (Å²) >= 11 is 1.19. The summed E-state index contributed by atoms with van der Waals surface area (Å²) in [5.74, 6) is 0.683. The second-order valence-corrected chi connectivity index (χ2v) is 6.57. The quantitative estimate of drug-likeness (QED) is 0.729. The van der Waals surface area contributed by atoms with Crippen molar-refractivity contribution in [2.24, 2.45) is 5.92 Å². The fourth-order valence-corrected chi connectivity index (χ4v) is 2.62. The van der Waals surface area contributed by atoms with Gasteiger partial charge in [-0.1, -0.05) is 31.7 Å². The van der Waals surface area contributed by atoms with Crippen molar-refractivity contribution in [1.82, 2.24) is 25.4 Å². The van der Waals surface area contributed by atoms with Gasteiger partial charge in [0.25, 0.3) is 0 Å². The number of nitrogens with one attached hydrogen (secondary N) is 2. The first kappa shape index (κ1) is 18.8.